The normalized spacial score (nSPS) is 22.9. The lowest BCUT2D eigenvalue weighted by atomic mass is 9.69. The number of aliphatic imine (C=N–C) groups is 1. The van der Waals surface area contributed by atoms with Crippen molar-refractivity contribution in [3.05, 3.63) is 65.7 Å². The van der Waals surface area contributed by atoms with Gasteiger partial charge in [0, 0.05) is 30.4 Å². The van der Waals surface area contributed by atoms with E-state index < -0.39 is 11.5 Å². The van der Waals surface area contributed by atoms with Gasteiger partial charge in [0.25, 0.3) is 6.02 Å². The van der Waals surface area contributed by atoms with Crippen molar-refractivity contribution in [2.75, 3.05) is 13.7 Å². The lowest BCUT2D eigenvalue weighted by Crippen LogP contribution is -2.41. The van der Waals surface area contributed by atoms with Gasteiger partial charge in [0.1, 0.15) is 11.5 Å². The van der Waals surface area contributed by atoms with E-state index in [-0.39, 0.29) is 24.0 Å². The van der Waals surface area contributed by atoms with Crippen molar-refractivity contribution >= 4 is 12.4 Å². The molecular formula is C25H34N4O3. The van der Waals surface area contributed by atoms with Crippen molar-refractivity contribution in [3.63, 3.8) is 0 Å². The van der Waals surface area contributed by atoms with E-state index in [1.165, 1.54) is 6.20 Å². The molecule has 7 heteroatoms. The molecule has 1 heterocycles. The van der Waals surface area contributed by atoms with Gasteiger partial charge in [-0.2, -0.15) is 0 Å². The lowest BCUT2D eigenvalue weighted by molar-refractivity contribution is 0.120. The van der Waals surface area contributed by atoms with Crippen LogP contribution in [0.5, 0.6) is 5.75 Å². The third-order valence-corrected chi connectivity index (χ3v) is 6.08. The first kappa shape index (κ1) is 23.6. The van der Waals surface area contributed by atoms with Gasteiger partial charge in [-0.15, -0.1) is 0 Å². The number of allylic oxidation sites excluding steroid dienone is 2. The smallest absolute Gasteiger partial charge is 0.279 e. The van der Waals surface area contributed by atoms with Crippen molar-refractivity contribution in [1.29, 1.82) is 5.41 Å². The Bertz CT molecular complexity index is 989. The highest BCUT2D eigenvalue weighted by molar-refractivity contribution is 5.68. The average Bonchev–Trinajstić information content (AvgIpc) is 3.04. The monoisotopic (exact) mass is 438 g/mol. The Balaban J connectivity index is 2.06. The number of amidine groups is 1. The number of ether oxygens (including phenoxy) is 2. The van der Waals surface area contributed by atoms with Crippen LogP contribution in [0.15, 0.2) is 59.6 Å². The van der Waals surface area contributed by atoms with Gasteiger partial charge in [-0.05, 0) is 48.6 Å². The van der Waals surface area contributed by atoms with Crippen molar-refractivity contribution in [3.8, 4) is 5.75 Å². The van der Waals surface area contributed by atoms with E-state index >= 15 is 0 Å². The second-order valence-electron chi connectivity index (χ2n) is 9.75. The zero-order chi connectivity index (χ0) is 23.7. The third-order valence-electron chi connectivity index (χ3n) is 6.08. The fraction of sp³-hybridized carbons (Fsp3) is 0.440. The van der Waals surface area contributed by atoms with Gasteiger partial charge in [0.2, 0.25) is 0 Å². The number of rotatable bonds is 7. The summed E-state index contributed by atoms with van der Waals surface area (Å²) in [5.74, 6) is 1.31. The van der Waals surface area contributed by atoms with Crippen LogP contribution in [0.2, 0.25) is 0 Å². The van der Waals surface area contributed by atoms with Crippen LogP contribution >= 0.6 is 0 Å². The fourth-order valence-corrected chi connectivity index (χ4v) is 4.51. The number of hydrogen-bond donors (Lipinski definition) is 3. The van der Waals surface area contributed by atoms with E-state index in [0.717, 1.165) is 28.3 Å². The quantitative estimate of drug-likeness (QED) is 0.431. The summed E-state index contributed by atoms with van der Waals surface area (Å²) in [6.45, 7) is 12.2. The molecule has 32 heavy (non-hydrogen) atoms. The zero-order valence-corrected chi connectivity index (χ0v) is 19.6. The molecule has 0 spiro atoms. The Morgan fingerprint density at radius 1 is 1.44 bits per heavy atom. The number of hydrogen-bond acceptors (Lipinski definition) is 5. The van der Waals surface area contributed by atoms with Gasteiger partial charge in [-0.3, -0.25) is 5.41 Å². The molecular weight excluding hydrogens is 404 g/mol. The molecule has 1 unspecified atom stereocenters. The summed E-state index contributed by atoms with van der Waals surface area (Å²) in [7, 11) is 1.92. The number of benzene rings is 1. The molecule has 2 aliphatic rings. The Morgan fingerprint density at radius 2 is 2.16 bits per heavy atom. The van der Waals surface area contributed by atoms with Crippen LogP contribution in [0.25, 0.3) is 0 Å². The van der Waals surface area contributed by atoms with Gasteiger partial charge >= 0.3 is 0 Å². The van der Waals surface area contributed by atoms with Gasteiger partial charge < -0.3 is 25.2 Å². The first-order valence-corrected chi connectivity index (χ1v) is 10.7. The van der Waals surface area contributed by atoms with Crippen molar-refractivity contribution in [2.45, 2.75) is 46.1 Å². The molecule has 0 amide bonds. The van der Waals surface area contributed by atoms with Crippen molar-refractivity contribution in [1.82, 2.24) is 4.90 Å². The highest BCUT2D eigenvalue weighted by Crippen LogP contribution is 2.57. The second-order valence-corrected chi connectivity index (χ2v) is 9.75. The summed E-state index contributed by atoms with van der Waals surface area (Å²) >= 11 is 0. The van der Waals surface area contributed by atoms with Crippen LogP contribution in [0, 0.1) is 16.2 Å². The molecule has 1 aliphatic carbocycles. The summed E-state index contributed by atoms with van der Waals surface area (Å²) in [6, 6.07) is 5.48. The van der Waals surface area contributed by atoms with Crippen molar-refractivity contribution < 1.29 is 14.6 Å². The maximum Gasteiger partial charge on any atom is 0.279 e. The first-order valence-electron chi connectivity index (χ1n) is 10.7. The Hall–Kier alpha value is -3.06. The highest BCUT2D eigenvalue weighted by Gasteiger charge is 2.51. The highest BCUT2D eigenvalue weighted by atomic mass is 16.5. The topological polar surface area (TPSA) is 104 Å². The summed E-state index contributed by atoms with van der Waals surface area (Å²) in [6.07, 6.45) is 7.18. The number of nitrogens with two attached hydrogens (primary N) is 1. The minimum Gasteiger partial charge on any atom is -0.465 e. The molecule has 4 N–H and O–H groups in total. The van der Waals surface area contributed by atoms with Crippen molar-refractivity contribution in [2.24, 2.45) is 21.6 Å². The molecule has 1 aliphatic heterocycles. The molecule has 7 nitrogen and oxygen atoms in total. The van der Waals surface area contributed by atoms with Gasteiger partial charge in [-0.25, -0.2) is 4.99 Å². The lowest BCUT2D eigenvalue weighted by Gasteiger charge is -2.44. The van der Waals surface area contributed by atoms with E-state index in [1.807, 2.05) is 42.3 Å². The number of aliphatic hydroxyl groups is 1. The SMILES string of the molecule is C=CN=CN(C)C1=CC=C2Oc3ccc(C(O)CC(C)(C)C)cc3[C@H](COC(=N)N)[C@]21C. The van der Waals surface area contributed by atoms with Crippen LogP contribution in [0.1, 0.15) is 57.3 Å². The van der Waals surface area contributed by atoms with E-state index in [2.05, 4.69) is 39.3 Å². The molecule has 0 saturated carbocycles. The van der Waals surface area contributed by atoms with E-state index in [0.29, 0.717) is 6.42 Å². The summed E-state index contributed by atoms with van der Waals surface area (Å²) in [5, 5.41) is 18.5. The maximum atomic E-state index is 10.9. The molecule has 172 valence electrons. The minimum absolute atomic E-state index is 0.0145. The Kier molecular flexibility index (Phi) is 6.51. The van der Waals surface area contributed by atoms with Crippen LogP contribution in [0.3, 0.4) is 0 Å². The summed E-state index contributed by atoms with van der Waals surface area (Å²) in [4.78, 5) is 6.07. The van der Waals surface area contributed by atoms with E-state index in [4.69, 9.17) is 20.6 Å². The van der Waals surface area contributed by atoms with Crippen LogP contribution in [0.4, 0.5) is 0 Å². The van der Waals surface area contributed by atoms with Crippen LogP contribution in [-0.4, -0.2) is 36.0 Å². The number of aliphatic hydroxyl groups excluding tert-OH is 1. The van der Waals surface area contributed by atoms with Gasteiger partial charge in [-0.1, -0.05) is 33.4 Å². The van der Waals surface area contributed by atoms with Crippen LogP contribution in [-0.2, 0) is 4.74 Å². The Morgan fingerprint density at radius 3 is 2.78 bits per heavy atom. The molecule has 0 radical (unpaired) electrons. The zero-order valence-electron chi connectivity index (χ0n) is 19.6. The third kappa shape index (κ3) is 4.58. The molecule has 1 aromatic rings. The number of nitrogens with one attached hydrogen (secondary N) is 1. The standard InChI is InChI=1S/C25H34N4O3/c1-7-28-15-29(6)21-10-11-22-25(21,5)18(14-31-23(26)27)17-12-16(8-9-20(17)32-22)19(30)13-24(2,3)4/h7-12,15,18-19,30H,1,13-14H2,2-6H3,(H3,26,27)/t18-,19?,25-/m0/s1. The largest absolute Gasteiger partial charge is 0.465 e. The predicted octanol–water partition coefficient (Wildman–Crippen LogP) is 4.43. The molecule has 0 saturated heterocycles. The van der Waals surface area contributed by atoms with Gasteiger partial charge in [0.05, 0.1) is 24.5 Å². The second kappa shape index (κ2) is 8.82. The van der Waals surface area contributed by atoms with E-state index in [1.54, 1.807) is 6.34 Å². The minimum atomic E-state index is -0.597. The number of nitrogens with zero attached hydrogens (tertiary/aromatic N) is 2. The fourth-order valence-electron chi connectivity index (χ4n) is 4.51. The molecule has 3 rings (SSSR count). The maximum absolute atomic E-state index is 10.9. The van der Waals surface area contributed by atoms with Crippen LogP contribution < -0.4 is 10.5 Å². The molecule has 0 bridgehead atoms. The molecule has 0 fully saturated rings. The Labute approximate surface area is 190 Å². The summed E-state index contributed by atoms with van der Waals surface area (Å²) < 4.78 is 11.8. The summed E-state index contributed by atoms with van der Waals surface area (Å²) in [5.41, 5.74) is 7.67. The molecule has 0 aromatic heterocycles. The number of fused-ring (bicyclic) bond motifs is 2. The first-order chi connectivity index (χ1) is 15.0. The molecule has 3 atom stereocenters. The molecule has 1 aromatic carbocycles. The predicted molar refractivity (Wildman–Crippen MR) is 127 cm³/mol. The van der Waals surface area contributed by atoms with Gasteiger partial charge in [0.15, 0.2) is 0 Å². The average molecular weight is 439 g/mol. The van der Waals surface area contributed by atoms with E-state index in [9.17, 15) is 5.11 Å².